The fourth-order valence-corrected chi connectivity index (χ4v) is 3.23. The first kappa shape index (κ1) is 17.5. The normalized spacial score (nSPS) is 13.7. The zero-order chi connectivity index (χ0) is 17.8. The smallest absolute Gasteiger partial charge is 0.286 e. The van der Waals surface area contributed by atoms with Crippen LogP contribution in [0, 0.1) is 5.92 Å². The van der Waals surface area contributed by atoms with E-state index < -0.39 is 0 Å². The molecule has 0 aliphatic heterocycles. The minimum Gasteiger partial charge on any atom is -0.352 e. The summed E-state index contributed by atoms with van der Waals surface area (Å²) in [6.07, 6.45) is 3.19. The molecule has 2 N–H and O–H groups in total. The van der Waals surface area contributed by atoms with Crippen LogP contribution in [0.15, 0.2) is 24.3 Å². The van der Waals surface area contributed by atoms with Crippen LogP contribution < -0.4 is 10.6 Å². The van der Waals surface area contributed by atoms with Gasteiger partial charge in [0.15, 0.2) is 0 Å². The Labute approximate surface area is 151 Å². The second-order valence-corrected chi connectivity index (χ2v) is 7.70. The second-order valence-electron chi connectivity index (χ2n) is 6.69. The molecule has 1 saturated carbocycles. The fraction of sp³-hybridized carbons (Fsp3) is 0.444. The quantitative estimate of drug-likeness (QED) is 0.794. The molecule has 7 heteroatoms. The highest BCUT2D eigenvalue weighted by molar-refractivity contribution is 7.13. The van der Waals surface area contributed by atoms with Gasteiger partial charge in [-0.1, -0.05) is 31.3 Å². The number of rotatable bonds is 7. The van der Waals surface area contributed by atoms with Gasteiger partial charge in [0.2, 0.25) is 5.01 Å². The molecule has 132 valence electrons. The summed E-state index contributed by atoms with van der Waals surface area (Å²) in [5.41, 5.74) is 1.10. The summed E-state index contributed by atoms with van der Waals surface area (Å²) in [5, 5.41) is 15.0. The van der Waals surface area contributed by atoms with E-state index in [2.05, 4.69) is 34.7 Å². The molecule has 1 heterocycles. The third-order valence-corrected chi connectivity index (χ3v) is 5.04. The van der Waals surface area contributed by atoms with Crippen LogP contribution in [0.1, 0.15) is 64.2 Å². The Hall–Kier alpha value is -2.28. The van der Waals surface area contributed by atoms with E-state index in [1.807, 2.05) is 0 Å². The highest BCUT2D eigenvalue weighted by atomic mass is 32.1. The molecule has 0 bridgehead atoms. The van der Waals surface area contributed by atoms with Crippen LogP contribution in [0.3, 0.4) is 0 Å². The monoisotopic (exact) mass is 358 g/mol. The summed E-state index contributed by atoms with van der Waals surface area (Å²) < 4.78 is 0. The lowest BCUT2D eigenvalue weighted by Gasteiger charge is -2.08. The first-order chi connectivity index (χ1) is 12.0. The molecule has 25 heavy (non-hydrogen) atoms. The van der Waals surface area contributed by atoms with Crippen molar-refractivity contribution < 1.29 is 9.59 Å². The lowest BCUT2D eigenvalue weighted by Crippen LogP contribution is -2.25. The van der Waals surface area contributed by atoms with E-state index in [-0.39, 0.29) is 11.8 Å². The highest BCUT2D eigenvalue weighted by Crippen LogP contribution is 2.41. The molecule has 3 rings (SSSR count). The molecule has 6 nitrogen and oxygen atoms in total. The second kappa shape index (κ2) is 7.74. The summed E-state index contributed by atoms with van der Waals surface area (Å²) in [6, 6.07) is 6.91. The molecule has 1 aliphatic carbocycles. The number of anilines is 1. The summed E-state index contributed by atoms with van der Waals surface area (Å²) in [4.78, 5) is 24.5. The lowest BCUT2D eigenvalue weighted by atomic mass is 10.1. The predicted molar refractivity (Wildman–Crippen MR) is 98.1 cm³/mol. The van der Waals surface area contributed by atoms with E-state index in [0.717, 1.165) is 24.3 Å². The van der Waals surface area contributed by atoms with Crippen molar-refractivity contribution in [2.45, 2.75) is 39.0 Å². The van der Waals surface area contributed by atoms with Crippen LogP contribution >= 0.6 is 11.3 Å². The van der Waals surface area contributed by atoms with Gasteiger partial charge < -0.3 is 10.6 Å². The third kappa shape index (κ3) is 4.85. The van der Waals surface area contributed by atoms with Crippen molar-refractivity contribution in [1.82, 2.24) is 15.5 Å². The topological polar surface area (TPSA) is 84.0 Å². The summed E-state index contributed by atoms with van der Waals surface area (Å²) >= 11 is 1.34. The first-order valence-electron chi connectivity index (χ1n) is 8.56. The molecule has 2 amide bonds. The van der Waals surface area contributed by atoms with Crippen LogP contribution in [-0.2, 0) is 0 Å². The van der Waals surface area contributed by atoms with Crippen LogP contribution in [0.5, 0.6) is 0 Å². The van der Waals surface area contributed by atoms with Gasteiger partial charge in [-0.3, -0.25) is 9.59 Å². The molecule has 0 saturated heterocycles. The Morgan fingerprint density at radius 2 is 2.04 bits per heavy atom. The number of nitrogens with one attached hydrogen (secondary N) is 2. The van der Waals surface area contributed by atoms with Gasteiger partial charge in [-0.25, -0.2) is 0 Å². The van der Waals surface area contributed by atoms with E-state index in [1.165, 1.54) is 11.3 Å². The number of carbonyl (C=O) groups is 2. The molecule has 2 aromatic rings. The number of benzene rings is 1. The molecule has 0 radical (unpaired) electrons. The first-order valence-corrected chi connectivity index (χ1v) is 9.37. The summed E-state index contributed by atoms with van der Waals surface area (Å²) in [5.74, 6) is 0.598. The number of amides is 2. The fourth-order valence-electron chi connectivity index (χ4n) is 2.32. The molecule has 0 unspecified atom stereocenters. The van der Waals surface area contributed by atoms with Crippen molar-refractivity contribution in [2.24, 2.45) is 5.92 Å². The average Bonchev–Trinajstić information content (AvgIpc) is 3.31. The Morgan fingerprint density at radius 1 is 1.24 bits per heavy atom. The SMILES string of the molecule is CC(C)CCNC(=O)c1cccc(NC(=O)c2nnc(C3CC3)s2)c1. The Balaban J connectivity index is 1.60. The maximum atomic E-state index is 12.3. The lowest BCUT2D eigenvalue weighted by molar-refractivity contribution is 0.0950. The summed E-state index contributed by atoms with van der Waals surface area (Å²) in [6.45, 7) is 4.87. The molecule has 1 aromatic carbocycles. The molecule has 1 aromatic heterocycles. The minimum absolute atomic E-state index is 0.135. The maximum absolute atomic E-state index is 12.3. The van der Waals surface area contributed by atoms with Gasteiger partial charge in [-0.15, -0.1) is 10.2 Å². The number of hydrogen-bond donors (Lipinski definition) is 2. The molecular formula is C18H22N4O2S. The van der Waals surface area contributed by atoms with Crippen LogP contribution in [0.2, 0.25) is 0 Å². The zero-order valence-electron chi connectivity index (χ0n) is 14.4. The molecule has 0 atom stereocenters. The summed E-state index contributed by atoms with van der Waals surface area (Å²) in [7, 11) is 0. The van der Waals surface area contributed by atoms with Crippen molar-refractivity contribution in [2.75, 3.05) is 11.9 Å². The van der Waals surface area contributed by atoms with E-state index in [9.17, 15) is 9.59 Å². The maximum Gasteiger partial charge on any atom is 0.286 e. The van der Waals surface area contributed by atoms with E-state index in [1.54, 1.807) is 24.3 Å². The van der Waals surface area contributed by atoms with Gasteiger partial charge in [0.05, 0.1) is 0 Å². The number of aromatic nitrogens is 2. The molecule has 0 spiro atoms. The van der Waals surface area contributed by atoms with Crippen LogP contribution in [0.4, 0.5) is 5.69 Å². The largest absolute Gasteiger partial charge is 0.352 e. The van der Waals surface area contributed by atoms with Crippen molar-refractivity contribution >= 4 is 28.8 Å². The standard InChI is InChI=1S/C18H22N4O2S/c1-11(2)8-9-19-15(23)13-4-3-5-14(10-13)20-16(24)18-22-21-17(25-18)12-6-7-12/h3-5,10-12H,6-9H2,1-2H3,(H,19,23)(H,20,24). The number of nitrogens with zero attached hydrogens (tertiary/aromatic N) is 2. The van der Waals surface area contributed by atoms with Gasteiger partial charge >= 0.3 is 0 Å². The van der Waals surface area contributed by atoms with Gasteiger partial charge in [0.25, 0.3) is 11.8 Å². The van der Waals surface area contributed by atoms with Crippen LogP contribution in [0.25, 0.3) is 0 Å². The Morgan fingerprint density at radius 3 is 2.76 bits per heavy atom. The Kier molecular flexibility index (Phi) is 5.43. The zero-order valence-corrected chi connectivity index (χ0v) is 15.2. The highest BCUT2D eigenvalue weighted by Gasteiger charge is 2.28. The van der Waals surface area contributed by atoms with Crippen molar-refractivity contribution in [3.63, 3.8) is 0 Å². The van der Waals surface area contributed by atoms with Gasteiger partial charge in [-0.2, -0.15) is 0 Å². The van der Waals surface area contributed by atoms with Gasteiger partial charge in [0, 0.05) is 23.7 Å². The van der Waals surface area contributed by atoms with E-state index >= 15 is 0 Å². The van der Waals surface area contributed by atoms with Gasteiger partial charge in [-0.05, 0) is 43.4 Å². The average molecular weight is 358 g/mol. The van der Waals surface area contributed by atoms with Crippen LogP contribution in [-0.4, -0.2) is 28.6 Å². The number of carbonyl (C=O) groups excluding carboxylic acids is 2. The minimum atomic E-state index is -0.290. The van der Waals surface area contributed by atoms with Gasteiger partial charge in [0.1, 0.15) is 5.01 Å². The van der Waals surface area contributed by atoms with E-state index in [0.29, 0.717) is 34.6 Å². The van der Waals surface area contributed by atoms with Crippen molar-refractivity contribution in [1.29, 1.82) is 0 Å². The van der Waals surface area contributed by atoms with E-state index in [4.69, 9.17) is 0 Å². The molecular weight excluding hydrogens is 336 g/mol. The number of hydrogen-bond acceptors (Lipinski definition) is 5. The molecule has 1 fully saturated rings. The van der Waals surface area contributed by atoms with Crippen molar-refractivity contribution in [3.8, 4) is 0 Å². The third-order valence-electron chi connectivity index (χ3n) is 3.95. The van der Waals surface area contributed by atoms with Crippen molar-refractivity contribution in [3.05, 3.63) is 39.8 Å². The molecule has 1 aliphatic rings. The predicted octanol–water partition coefficient (Wildman–Crippen LogP) is 3.44. The Bertz CT molecular complexity index is 768.